The lowest BCUT2D eigenvalue weighted by atomic mass is 10.1. The van der Waals surface area contributed by atoms with Crippen LogP contribution in [0.3, 0.4) is 0 Å². The zero-order chi connectivity index (χ0) is 15.4. The van der Waals surface area contributed by atoms with Gasteiger partial charge in [-0.1, -0.05) is 15.9 Å². The van der Waals surface area contributed by atoms with Crippen molar-refractivity contribution in [3.05, 3.63) is 46.5 Å². The van der Waals surface area contributed by atoms with Crippen molar-refractivity contribution in [3.63, 3.8) is 0 Å². The fraction of sp³-hybridized carbons (Fsp3) is 0.375. The van der Waals surface area contributed by atoms with Crippen LogP contribution in [0.25, 0.3) is 0 Å². The number of hydrogen-bond donors (Lipinski definition) is 0. The van der Waals surface area contributed by atoms with Crippen LogP contribution in [-0.4, -0.2) is 17.1 Å². The van der Waals surface area contributed by atoms with Crippen LogP contribution in [0.5, 0.6) is 11.5 Å². The smallest absolute Gasteiger partial charge is 0.142 e. The molecule has 0 N–H and O–H groups in total. The standard InChI is InChI=1S/C16H19BrN2O2/c1-10-8-18-14(12(3)16(10)20-4)9-21-15-6-5-11(2)19-13(15)7-17/h5-6,8H,7,9H2,1-4H3. The van der Waals surface area contributed by atoms with Gasteiger partial charge < -0.3 is 9.47 Å². The Morgan fingerprint density at radius 3 is 2.57 bits per heavy atom. The van der Waals surface area contributed by atoms with Gasteiger partial charge in [-0.2, -0.15) is 0 Å². The number of nitrogens with zero attached hydrogens (tertiary/aromatic N) is 2. The summed E-state index contributed by atoms with van der Waals surface area (Å²) in [5, 5.41) is 0.660. The van der Waals surface area contributed by atoms with Gasteiger partial charge in [0.05, 0.1) is 18.5 Å². The van der Waals surface area contributed by atoms with Crippen LogP contribution >= 0.6 is 15.9 Å². The lowest BCUT2D eigenvalue weighted by molar-refractivity contribution is 0.295. The van der Waals surface area contributed by atoms with E-state index in [1.165, 1.54) is 0 Å². The predicted octanol–water partition coefficient (Wildman–Crippen LogP) is 3.88. The van der Waals surface area contributed by atoms with Crippen molar-refractivity contribution in [3.8, 4) is 11.5 Å². The van der Waals surface area contributed by atoms with Crippen molar-refractivity contribution in [2.45, 2.75) is 32.7 Å². The lowest BCUT2D eigenvalue weighted by Gasteiger charge is -2.14. The Balaban J connectivity index is 2.21. The fourth-order valence-electron chi connectivity index (χ4n) is 2.19. The van der Waals surface area contributed by atoms with E-state index in [0.29, 0.717) is 11.9 Å². The van der Waals surface area contributed by atoms with Crippen LogP contribution in [0.1, 0.15) is 28.2 Å². The molecule has 0 aliphatic carbocycles. The molecule has 2 rings (SSSR count). The van der Waals surface area contributed by atoms with Gasteiger partial charge in [0.1, 0.15) is 18.1 Å². The van der Waals surface area contributed by atoms with Crippen LogP contribution in [0, 0.1) is 20.8 Å². The second-order valence-electron chi connectivity index (χ2n) is 4.87. The van der Waals surface area contributed by atoms with Crippen LogP contribution in [0.4, 0.5) is 0 Å². The number of aromatic nitrogens is 2. The van der Waals surface area contributed by atoms with Crippen molar-refractivity contribution in [2.75, 3.05) is 7.11 Å². The minimum Gasteiger partial charge on any atom is -0.496 e. The third-order valence-corrected chi connectivity index (χ3v) is 3.84. The number of methoxy groups -OCH3 is 1. The van der Waals surface area contributed by atoms with Crippen molar-refractivity contribution in [1.29, 1.82) is 0 Å². The first-order valence-electron chi connectivity index (χ1n) is 6.71. The van der Waals surface area contributed by atoms with Gasteiger partial charge in [0, 0.05) is 28.3 Å². The lowest BCUT2D eigenvalue weighted by Crippen LogP contribution is -2.05. The van der Waals surface area contributed by atoms with Crippen LogP contribution in [0.2, 0.25) is 0 Å². The third-order valence-electron chi connectivity index (χ3n) is 3.31. The van der Waals surface area contributed by atoms with Crippen molar-refractivity contribution in [1.82, 2.24) is 9.97 Å². The molecular weight excluding hydrogens is 332 g/mol. The van der Waals surface area contributed by atoms with Gasteiger partial charge in [-0.05, 0) is 32.9 Å². The topological polar surface area (TPSA) is 44.2 Å². The number of pyridine rings is 2. The molecule has 112 valence electrons. The maximum atomic E-state index is 5.88. The second-order valence-corrected chi connectivity index (χ2v) is 5.43. The zero-order valence-corrected chi connectivity index (χ0v) is 14.3. The summed E-state index contributed by atoms with van der Waals surface area (Å²) in [6.45, 7) is 6.34. The number of ether oxygens (including phenoxy) is 2. The van der Waals surface area contributed by atoms with E-state index in [1.807, 2.05) is 39.1 Å². The zero-order valence-electron chi connectivity index (χ0n) is 12.7. The summed E-state index contributed by atoms with van der Waals surface area (Å²) < 4.78 is 11.3. The van der Waals surface area contributed by atoms with Crippen molar-refractivity contribution >= 4 is 15.9 Å². The molecule has 0 radical (unpaired) electrons. The van der Waals surface area contributed by atoms with E-state index >= 15 is 0 Å². The summed E-state index contributed by atoms with van der Waals surface area (Å²) in [5.41, 5.74) is 4.78. The van der Waals surface area contributed by atoms with Crippen LogP contribution in [-0.2, 0) is 11.9 Å². The predicted molar refractivity (Wildman–Crippen MR) is 86.2 cm³/mol. The van der Waals surface area contributed by atoms with Crippen molar-refractivity contribution < 1.29 is 9.47 Å². The number of aryl methyl sites for hydroxylation is 2. The number of alkyl halides is 1. The largest absolute Gasteiger partial charge is 0.496 e. The molecule has 0 fully saturated rings. The fourth-order valence-corrected chi connectivity index (χ4v) is 2.59. The Labute approximate surface area is 133 Å². The molecule has 0 aliphatic rings. The molecule has 0 atom stereocenters. The van der Waals surface area contributed by atoms with Gasteiger partial charge in [-0.15, -0.1) is 0 Å². The molecule has 0 spiro atoms. The maximum Gasteiger partial charge on any atom is 0.142 e. The Morgan fingerprint density at radius 1 is 1.14 bits per heavy atom. The number of hydrogen-bond acceptors (Lipinski definition) is 4. The molecule has 0 aliphatic heterocycles. The third kappa shape index (κ3) is 3.53. The van der Waals surface area contributed by atoms with E-state index in [1.54, 1.807) is 7.11 Å². The summed E-state index contributed by atoms with van der Waals surface area (Å²) in [6.07, 6.45) is 1.81. The normalized spacial score (nSPS) is 10.5. The molecule has 0 aromatic carbocycles. The highest BCUT2D eigenvalue weighted by molar-refractivity contribution is 9.08. The van der Waals surface area contributed by atoms with E-state index in [4.69, 9.17) is 9.47 Å². The first kappa shape index (κ1) is 15.8. The maximum absolute atomic E-state index is 5.88. The number of halogens is 1. The summed E-state index contributed by atoms with van der Waals surface area (Å²) in [4.78, 5) is 8.89. The Hall–Kier alpha value is -1.62. The molecule has 21 heavy (non-hydrogen) atoms. The quantitative estimate of drug-likeness (QED) is 0.767. The van der Waals surface area contributed by atoms with E-state index in [-0.39, 0.29) is 0 Å². The van der Waals surface area contributed by atoms with E-state index < -0.39 is 0 Å². The highest BCUT2D eigenvalue weighted by Crippen LogP contribution is 2.26. The minimum absolute atomic E-state index is 0.396. The Morgan fingerprint density at radius 2 is 1.90 bits per heavy atom. The monoisotopic (exact) mass is 350 g/mol. The summed E-state index contributed by atoms with van der Waals surface area (Å²) >= 11 is 3.44. The summed E-state index contributed by atoms with van der Waals surface area (Å²) in [6, 6.07) is 3.89. The average molecular weight is 351 g/mol. The number of rotatable bonds is 5. The first-order chi connectivity index (χ1) is 10.1. The molecule has 0 saturated carbocycles. The van der Waals surface area contributed by atoms with Gasteiger partial charge in [0.2, 0.25) is 0 Å². The molecule has 0 unspecified atom stereocenters. The molecule has 0 saturated heterocycles. The molecule has 4 nitrogen and oxygen atoms in total. The van der Waals surface area contributed by atoms with Gasteiger partial charge in [-0.25, -0.2) is 0 Å². The Kier molecular flexibility index (Phi) is 5.17. The molecular formula is C16H19BrN2O2. The highest BCUT2D eigenvalue weighted by atomic mass is 79.9. The van der Waals surface area contributed by atoms with E-state index in [9.17, 15) is 0 Å². The second kappa shape index (κ2) is 6.89. The van der Waals surface area contributed by atoms with Crippen LogP contribution < -0.4 is 9.47 Å². The summed E-state index contributed by atoms with van der Waals surface area (Å²) in [7, 11) is 1.67. The Bertz CT molecular complexity index is 644. The first-order valence-corrected chi connectivity index (χ1v) is 7.83. The molecule has 2 aromatic heterocycles. The van der Waals surface area contributed by atoms with Crippen molar-refractivity contribution in [2.24, 2.45) is 0 Å². The van der Waals surface area contributed by atoms with E-state index in [0.717, 1.165) is 39.7 Å². The van der Waals surface area contributed by atoms with Gasteiger partial charge in [-0.3, -0.25) is 9.97 Å². The van der Waals surface area contributed by atoms with E-state index in [2.05, 4.69) is 25.9 Å². The van der Waals surface area contributed by atoms with Gasteiger partial charge >= 0.3 is 0 Å². The molecule has 2 heterocycles. The molecule has 5 heteroatoms. The van der Waals surface area contributed by atoms with Crippen LogP contribution in [0.15, 0.2) is 18.3 Å². The molecule has 0 bridgehead atoms. The SMILES string of the molecule is COc1c(C)cnc(COc2ccc(C)nc2CBr)c1C. The average Bonchev–Trinajstić information content (AvgIpc) is 2.48. The minimum atomic E-state index is 0.396. The van der Waals surface area contributed by atoms with Gasteiger partial charge in [0.15, 0.2) is 0 Å². The molecule has 2 aromatic rings. The van der Waals surface area contributed by atoms with Gasteiger partial charge in [0.25, 0.3) is 0 Å². The summed E-state index contributed by atoms with van der Waals surface area (Å²) in [5.74, 6) is 1.64. The molecule has 0 amide bonds. The highest BCUT2D eigenvalue weighted by Gasteiger charge is 2.11.